The molecule has 0 aromatic heterocycles. The first-order chi connectivity index (χ1) is 13.2. The monoisotopic (exact) mass is 363 g/mol. The molecule has 27 heavy (non-hydrogen) atoms. The molecule has 0 N–H and O–H groups in total. The Morgan fingerprint density at radius 3 is 2.48 bits per heavy atom. The normalized spacial score (nSPS) is 16.6. The van der Waals surface area contributed by atoms with Crippen molar-refractivity contribution >= 4 is 23.2 Å². The summed E-state index contributed by atoms with van der Waals surface area (Å²) >= 11 is 0. The predicted molar refractivity (Wildman–Crippen MR) is 103 cm³/mol. The van der Waals surface area contributed by atoms with Crippen molar-refractivity contribution in [1.29, 1.82) is 0 Å². The predicted octanol–water partition coefficient (Wildman–Crippen LogP) is 2.83. The van der Waals surface area contributed by atoms with Gasteiger partial charge in [0, 0.05) is 25.1 Å². The summed E-state index contributed by atoms with van der Waals surface area (Å²) in [6.45, 7) is 1.27. The average Bonchev–Trinajstić information content (AvgIpc) is 3.37. The van der Waals surface area contributed by atoms with Crippen molar-refractivity contribution in [3.05, 3.63) is 60.2 Å². The summed E-state index contributed by atoms with van der Waals surface area (Å²) < 4.78 is 5.60. The van der Waals surface area contributed by atoms with Gasteiger partial charge in [-0.1, -0.05) is 30.3 Å². The van der Waals surface area contributed by atoms with Gasteiger partial charge in [-0.25, -0.2) is 5.01 Å². The van der Waals surface area contributed by atoms with E-state index in [1.54, 1.807) is 17.0 Å². The van der Waals surface area contributed by atoms with Crippen LogP contribution in [0.2, 0.25) is 0 Å². The van der Waals surface area contributed by atoms with E-state index < -0.39 is 0 Å². The second-order valence-corrected chi connectivity index (χ2v) is 6.61. The SMILES string of the molecule is O=C(COc1ccc(N2CCCC2=O)cc1)N1CCC(c2ccccc2)=N1. The lowest BCUT2D eigenvalue weighted by atomic mass is 10.1. The summed E-state index contributed by atoms with van der Waals surface area (Å²) in [5.74, 6) is 0.588. The van der Waals surface area contributed by atoms with Crippen LogP contribution >= 0.6 is 0 Å². The highest BCUT2D eigenvalue weighted by molar-refractivity contribution is 6.02. The number of amides is 2. The molecule has 0 bridgehead atoms. The number of rotatable bonds is 5. The Balaban J connectivity index is 1.33. The third-order valence-electron chi connectivity index (χ3n) is 4.78. The number of carbonyl (C=O) groups excluding carboxylic acids is 2. The fourth-order valence-corrected chi connectivity index (χ4v) is 3.33. The number of benzene rings is 2. The smallest absolute Gasteiger partial charge is 0.280 e. The molecule has 0 radical (unpaired) electrons. The van der Waals surface area contributed by atoms with Gasteiger partial charge in [-0.3, -0.25) is 9.59 Å². The maximum Gasteiger partial charge on any atom is 0.280 e. The van der Waals surface area contributed by atoms with Crippen molar-refractivity contribution < 1.29 is 14.3 Å². The van der Waals surface area contributed by atoms with Crippen molar-refractivity contribution in [1.82, 2.24) is 5.01 Å². The molecular formula is C21H21N3O3. The van der Waals surface area contributed by atoms with Gasteiger partial charge in [0.2, 0.25) is 5.91 Å². The minimum atomic E-state index is -0.167. The van der Waals surface area contributed by atoms with Gasteiger partial charge in [0.05, 0.1) is 12.3 Å². The van der Waals surface area contributed by atoms with Crippen LogP contribution in [-0.4, -0.2) is 42.2 Å². The molecule has 2 aromatic rings. The molecule has 1 fully saturated rings. The minimum Gasteiger partial charge on any atom is -0.484 e. The van der Waals surface area contributed by atoms with E-state index in [9.17, 15) is 9.59 Å². The fraction of sp³-hybridized carbons (Fsp3) is 0.286. The standard InChI is InChI=1S/C21H21N3O3/c25-20-7-4-13-23(20)17-8-10-18(11-9-17)27-15-21(26)24-14-12-19(22-24)16-5-2-1-3-6-16/h1-3,5-6,8-11H,4,7,12-15H2. The molecule has 0 saturated carbocycles. The Bertz CT molecular complexity index is 862. The lowest BCUT2D eigenvalue weighted by Gasteiger charge is -2.16. The molecule has 6 nitrogen and oxygen atoms in total. The van der Waals surface area contributed by atoms with Crippen LogP contribution in [0.3, 0.4) is 0 Å². The molecule has 2 heterocycles. The van der Waals surface area contributed by atoms with E-state index in [4.69, 9.17) is 4.74 Å². The number of anilines is 1. The Kier molecular flexibility index (Phi) is 4.87. The Labute approximate surface area is 158 Å². The van der Waals surface area contributed by atoms with Gasteiger partial charge < -0.3 is 9.64 Å². The van der Waals surface area contributed by atoms with Crippen LogP contribution < -0.4 is 9.64 Å². The van der Waals surface area contributed by atoms with Crippen molar-refractivity contribution in [2.24, 2.45) is 5.10 Å². The third-order valence-corrected chi connectivity index (χ3v) is 4.78. The first kappa shape index (κ1) is 17.3. The fourth-order valence-electron chi connectivity index (χ4n) is 3.33. The quantitative estimate of drug-likeness (QED) is 0.821. The summed E-state index contributed by atoms with van der Waals surface area (Å²) in [6, 6.07) is 17.2. The topological polar surface area (TPSA) is 62.2 Å². The second-order valence-electron chi connectivity index (χ2n) is 6.61. The first-order valence-electron chi connectivity index (χ1n) is 9.17. The number of ether oxygens (including phenoxy) is 1. The highest BCUT2D eigenvalue weighted by atomic mass is 16.5. The van der Waals surface area contributed by atoms with E-state index in [0.29, 0.717) is 18.7 Å². The van der Waals surface area contributed by atoms with Crippen molar-refractivity contribution in [2.45, 2.75) is 19.3 Å². The van der Waals surface area contributed by atoms with E-state index in [0.717, 1.165) is 36.3 Å². The molecule has 1 saturated heterocycles. The molecule has 4 rings (SSSR count). The molecule has 0 atom stereocenters. The summed E-state index contributed by atoms with van der Waals surface area (Å²) in [6.07, 6.45) is 2.25. The lowest BCUT2D eigenvalue weighted by Crippen LogP contribution is -2.28. The average molecular weight is 363 g/mol. The molecule has 138 valence electrons. The summed E-state index contributed by atoms with van der Waals surface area (Å²) in [4.78, 5) is 25.9. The Hall–Kier alpha value is -3.15. The van der Waals surface area contributed by atoms with Gasteiger partial charge in [-0.2, -0.15) is 5.10 Å². The molecule has 2 aromatic carbocycles. The molecule has 2 amide bonds. The number of hydrogen-bond donors (Lipinski definition) is 0. The number of nitrogens with zero attached hydrogens (tertiary/aromatic N) is 3. The van der Waals surface area contributed by atoms with Gasteiger partial charge in [-0.15, -0.1) is 0 Å². The maximum absolute atomic E-state index is 12.4. The van der Waals surface area contributed by atoms with Crippen molar-refractivity contribution in [3.8, 4) is 5.75 Å². The van der Waals surface area contributed by atoms with Crippen LogP contribution in [0.25, 0.3) is 0 Å². The Morgan fingerprint density at radius 2 is 1.78 bits per heavy atom. The number of carbonyl (C=O) groups is 2. The van der Waals surface area contributed by atoms with Crippen molar-refractivity contribution in [2.75, 3.05) is 24.6 Å². The second kappa shape index (κ2) is 7.61. The molecule has 0 spiro atoms. The first-order valence-corrected chi connectivity index (χ1v) is 9.17. The molecule has 2 aliphatic rings. The third kappa shape index (κ3) is 3.84. The molecule has 0 aliphatic carbocycles. The van der Waals surface area contributed by atoms with E-state index in [1.165, 1.54) is 5.01 Å². The van der Waals surface area contributed by atoms with E-state index in [1.807, 2.05) is 42.5 Å². The van der Waals surface area contributed by atoms with E-state index in [-0.39, 0.29) is 18.4 Å². The van der Waals surface area contributed by atoms with Gasteiger partial charge in [0.15, 0.2) is 6.61 Å². The largest absolute Gasteiger partial charge is 0.484 e. The zero-order chi connectivity index (χ0) is 18.6. The molecule has 0 unspecified atom stereocenters. The zero-order valence-corrected chi connectivity index (χ0v) is 15.0. The van der Waals surface area contributed by atoms with Crippen LogP contribution in [0.5, 0.6) is 5.75 Å². The minimum absolute atomic E-state index is 0.0619. The summed E-state index contributed by atoms with van der Waals surface area (Å²) in [5.41, 5.74) is 2.83. The van der Waals surface area contributed by atoms with Crippen LogP contribution in [0, 0.1) is 0 Å². The summed E-state index contributed by atoms with van der Waals surface area (Å²) in [7, 11) is 0. The number of hydrazone groups is 1. The van der Waals surface area contributed by atoms with Gasteiger partial charge in [0.25, 0.3) is 5.91 Å². The maximum atomic E-state index is 12.4. The molecular weight excluding hydrogens is 342 g/mol. The van der Waals surface area contributed by atoms with Gasteiger partial charge >= 0.3 is 0 Å². The van der Waals surface area contributed by atoms with Crippen LogP contribution in [0.1, 0.15) is 24.8 Å². The highest BCUT2D eigenvalue weighted by Gasteiger charge is 2.23. The molecule has 2 aliphatic heterocycles. The zero-order valence-electron chi connectivity index (χ0n) is 15.0. The van der Waals surface area contributed by atoms with E-state index in [2.05, 4.69) is 5.10 Å². The lowest BCUT2D eigenvalue weighted by molar-refractivity contribution is -0.132. The van der Waals surface area contributed by atoms with Gasteiger partial charge in [-0.05, 0) is 36.2 Å². The number of hydrogen-bond acceptors (Lipinski definition) is 4. The molecule has 6 heteroatoms. The Morgan fingerprint density at radius 1 is 1.00 bits per heavy atom. The summed E-state index contributed by atoms with van der Waals surface area (Å²) in [5, 5.41) is 5.89. The van der Waals surface area contributed by atoms with Crippen molar-refractivity contribution in [3.63, 3.8) is 0 Å². The highest BCUT2D eigenvalue weighted by Crippen LogP contribution is 2.24. The van der Waals surface area contributed by atoms with Crippen LogP contribution in [0.4, 0.5) is 5.69 Å². The van der Waals surface area contributed by atoms with Crippen LogP contribution in [0.15, 0.2) is 59.7 Å². The van der Waals surface area contributed by atoms with Crippen LogP contribution in [-0.2, 0) is 9.59 Å². The van der Waals surface area contributed by atoms with Gasteiger partial charge in [0.1, 0.15) is 5.75 Å². The van der Waals surface area contributed by atoms with E-state index >= 15 is 0 Å².